The van der Waals surface area contributed by atoms with E-state index in [1.165, 1.54) is 75.2 Å². The van der Waals surface area contributed by atoms with E-state index in [2.05, 4.69) is 101 Å². The van der Waals surface area contributed by atoms with Crippen LogP contribution in [0.3, 0.4) is 0 Å². The van der Waals surface area contributed by atoms with Gasteiger partial charge in [-0.25, -0.2) is 0 Å². The topological polar surface area (TPSA) is 54.2 Å². The first-order valence-corrected chi connectivity index (χ1v) is 19.3. The van der Waals surface area contributed by atoms with Gasteiger partial charge >= 0.3 is 20.1 Å². The standard InChI is InChI=1S/C29H22NO.C17H32N2.Ir/c1-29(2,3)23-17-19(16-18-10-4-5-11-20(18)23)27-28-26(21-12-6-8-14-24(21)30-27)22-13-7-9-15-25(22)31-28;1-14(18-16-9-5-3-6-10-16)13-15(2)19-17-11-7-4-8-12-17;/h4-15,17H,1-3H3;14-17H,3-13H2,1-2H3;/q-1;-2;+3. The molecule has 8 rings (SSSR count). The Hall–Kier alpha value is -3.08. The zero-order valence-corrected chi connectivity index (χ0v) is 33.6. The zero-order valence-electron chi connectivity index (χ0n) is 31.2. The molecule has 2 aliphatic rings. The Morgan fingerprint density at radius 1 is 0.725 bits per heavy atom. The molecule has 6 aromatic rings. The van der Waals surface area contributed by atoms with Gasteiger partial charge in [0.25, 0.3) is 0 Å². The van der Waals surface area contributed by atoms with E-state index in [1.807, 2.05) is 18.2 Å². The minimum absolute atomic E-state index is 0. The van der Waals surface area contributed by atoms with E-state index in [-0.39, 0.29) is 25.5 Å². The van der Waals surface area contributed by atoms with Crippen molar-refractivity contribution in [2.75, 3.05) is 0 Å². The summed E-state index contributed by atoms with van der Waals surface area (Å²) in [4.78, 5) is 5.07. The molecular formula is C46H54IrN3O. The van der Waals surface area contributed by atoms with Gasteiger partial charge in [0.15, 0.2) is 0 Å². The van der Waals surface area contributed by atoms with Crippen LogP contribution in [0.4, 0.5) is 0 Å². The van der Waals surface area contributed by atoms with Crippen LogP contribution in [-0.4, -0.2) is 29.2 Å². The van der Waals surface area contributed by atoms with Crippen LogP contribution in [0.1, 0.15) is 111 Å². The van der Waals surface area contributed by atoms with Gasteiger partial charge in [0, 0.05) is 21.9 Å². The van der Waals surface area contributed by atoms with Crippen LogP contribution in [0.25, 0.3) is 65.5 Å². The van der Waals surface area contributed by atoms with Crippen molar-refractivity contribution in [3.8, 4) is 11.3 Å². The molecule has 2 atom stereocenters. The number of rotatable bonds is 7. The molecule has 51 heavy (non-hydrogen) atoms. The minimum Gasteiger partial charge on any atom is -0.657 e. The second kappa shape index (κ2) is 16.7. The van der Waals surface area contributed by atoms with E-state index in [0.29, 0.717) is 24.2 Å². The fraction of sp³-hybridized carbons (Fsp3) is 0.457. The molecule has 0 N–H and O–H groups in total. The third kappa shape index (κ3) is 8.77. The van der Waals surface area contributed by atoms with Crippen molar-refractivity contribution in [1.29, 1.82) is 0 Å². The molecule has 4 nitrogen and oxygen atoms in total. The summed E-state index contributed by atoms with van der Waals surface area (Å²) in [5.74, 6) is 0. The predicted octanol–water partition coefficient (Wildman–Crippen LogP) is 13.6. The molecular weight excluding hydrogens is 803 g/mol. The Morgan fingerprint density at radius 2 is 1.27 bits per heavy atom. The monoisotopic (exact) mass is 857 g/mol. The quantitative estimate of drug-likeness (QED) is 0.150. The average Bonchev–Trinajstić information content (AvgIpc) is 3.51. The Morgan fingerprint density at radius 3 is 1.90 bits per heavy atom. The van der Waals surface area contributed by atoms with Crippen LogP contribution in [0, 0.1) is 6.07 Å². The summed E-state index contributed by atoms with van der Waals surface area (Å²) in [5, 5.41) is 15.7. The molecule has 0 bridgehead atoms. The summed E-state index contributed by atoms with van der Waals surface area (Å²) in [6.45, 7) is 11.3. The van der Waals surface area contributed by atoms with E-state index < -0.39 is 0 Å². The van der Waals surface area contributed by atoms with Crippen LogP contribution in [0.5, 0.6) is 0 Å². The van der Waals surface area contributed by atoms with Crippen LogP contribution < -0.4 is 0 Å². The Kier molecular flexibility index (Phi) is 12.4. The van der Waals surface area contributed by atoms with Gasteiger partial charge in [-0.3, -0.25) is 4.98 Å². The van der Waals surface area contributed by atoms with Crippen molar-refractivity contribution in [1.82, 2.24) is 4.98 Å². The van der Waals surface area contributed by atoms with Crippen molar-refractivity contribution < 1.29 is 24.5 Å². The maximum atomic E-state index is 6.40. The van der Waals surface area contributed by atoms with Crippen LogP contribution in [0.2, 0.25) is 0 Å². The maximum Gasteiger partial charge on any atom is 3.00 e. The maximum absolute atomic E-state index is 6.40. The molecule has 0 spiro atoms. The zero-order chi connectivity index (χ0) is 34.7. The Labute approximate surface area is 318 Å². The van der Waals surface area contributed by atoms with E-state index in [9.17, 15) is 0 Å². The van der Waals surface area contributed by atoms with Gasteiger partial charge in [0.2, 0.25) is 0 Å². The molecule has 5 heteroatoms. The number of fused-ring (bicyclic) bond motifs is 6. The molecule has 2 heterocycles. The summed E-state index contributed by atoms with van der Waals surface area (Å²) in [7, 11) is 0. The summed E-state index contributed by atoms with van der Waals surface area (Å²) < 4.78 is 6.40. The van der Waals surface area contributed by atoms with Crippen molar-refractivity contribution >= 4 is 43.6 Å². The van der Waals surface area contributed by atoms with Crippen molar-refractivity contribution in [2.45, 2.75) is 135 Å². The second-order valence-electron chi connectivity index (χ2n) is 16.0. The SMILES string of the molecule is CC(C)(C)c1cc(-c2nc3ccccc3c3c2oc2ccccc23)[c-]c2ccccc12.CC(CC(C)[N-]C1CCCCC1)[N-]C1CCCCC1.[Ir+3]. The average molecular weight is 857 g/mol. The van der Waals surface area contributed by atoms with Crippen LogP contribution in [-0.2, 0) is 25.5 Å². The van der Waals surface area contributed by atoms with Gasteiger partial charge in [-0.2, -0.15) is 0 Å². The van der Waals surface area contributed by atoms with Crippen molar-refractivity contribution in [3.63, 3.8) is 0 Å². The molecule has 2 fully saturated rings. The van der Waals surface area contributed by atoms with Crippen molar-refractivity contribution in [3.05, 3.63) is 101 Å². The van der Waals surface area contributed by atoms with Gasteiger partial charge in [-0.1, -0.05) is 171 Å². The van der Waals surface area contributed by atoms with Gasteiger partial charge in [0.05, 0.1) is 5.52 Å². The molecule has 2 saturated carbocycles. The van der Waals surface area contributed by atoms with E-state index >= 15 is 0 Å². The molecule has 0 aliphatic heterocycles. The fourth-order valence-corrected chi connectivity index (χ4v) is 8.39. The number of benzene rings is 4. The van der Waals surface area contributed by atoms with Gasteiger partial charge in [-0.05, 0) is 17.5 Å². The number of para-hydroxylation sites is 2. The van der Waals surface area contributed by atoms with Crippen LogP contribution in [0.15, 0.2) is 83.3 Å². The number of aromatic nitrogens is 1. The molecule has 0 radical (unpaired) electrons. The fourth-order valence-electron chi connectivity index (χ4n) is 8.39. The Bertz CT molecular complexity index is 2020. The second-order valence-corrected chi connectivity index (χ2v) is 16.0. The van der Waals surface area contributed by atoms with Gasteiger partial charge < -0.3 is 15.1 Å². The number of furan rings is 1. The summed E-state index contributed by atoms with van der Waals surface area (Å²) in [6.07, 6.45) is 14.9. The summed E-state index contributed by atoms with van der Waals surface area (Å²) >= 11 is 0. The van der Waals surface area contributed by atoms with Gasteiger partial charge in [-0.15, -0.1) is 53.3 Å². The smallest absolute Gasteiger partial charge is 0.657 e. The molecule has 2 aromatic heterocycles. The minimum atomic E-state index is -0.00665. The summed E-state index contributed by atoms with van der Waals surface area (Å²) in [6, 6.07) is 33.2. The van der Waals surface area contributed by atoms with Crippen molar-refractivity contribution in [2.24, 2.45) is 0 Å². The summed E-state index contributed by atoms with van der Waals surface area (Å²) in [5.41, 5.74) is 5.78. The third-order valence-corrected chi connectivity index (χ3v) is 10.8. The molecule has 2 unspecified atom stereocenters. The molecule has 268 valence electrons. The first-order valence-electron chi connectivity index (χ1n) is 19.3. The van der Waals surface area contributed by atoms with Crippen LogP contribution >= 0.6 is 0 Å². The first kappa shape index (κ1) is 37.7. The normalized spacial score (nSPS) is 17.3. The molecule has 2 aliphatic carbocycles. The number of pyridine rings is 1. The first-order chi connectivity index (χ1) is 24.2. The van der Waals surface area contributed by atoms with E-state index in [1.54, 1.807) is 0 Å². The van der Waals surface area contributed by atoms with E-state index in [4.69, 9.17) is 20.0 Å². The number of nitrogens with zero attached hydrogens (tertiary/aromatic N) is 3. The Balaban J connectivity index is 0.000000194. The third-order valence-electron chi connectivity index (χ3n) is 10.8. The largest absolute Gasteiger partial charge is 3.00 e. The number of hydrogen-bond acceptors (Lipinski definition) is 2. The predicted molar refractivity (Wildman–Crippen MR) is 214 cm³/mol. The molecule has 0 saturated heterocycles. The molecule has 0 amide bonds. The van der Waals surface area contributed by atoms with E-state index in [0.717, 1.165) is 55.9 Å². The van der Waals surface area contributed by atoms with Gasteiger partial charge in [0.1, 0.15) is 11.2 Å². The molecule has 4 aromatic carbocycles. The number of hydrogen-bond donors (Lipinski definition) is 0.